The lowest BCUT2D eigenvalue weighted by Gasteiger charge is -2.04. The second-order valence-corrected chi connectivity index (χ2v) is 2.08. The predicted octanol–water partition coefficient (Wildman–Crippen LogP) is 1.44. The first-order valence-electron chi connectivity index (χ1n) is 3.15. The van der Waals surface area contributed by atoms with E-state index < -0.39 is 11.9 Å². The second-order valence-electron chi connectivity index (χ2n) is 2.08. The Morgan fingerprint density at radius 1 is 1.73 bits per heavy atom. The smallest absolute Gasteiger partial charge is 0.147 e. The number of rotatable bonds is 2. The highest BCUT2D eigenvalue weighted by atomic mass is 19.1. The summed E-state index contributed by atoms with van der Waals surface area (Å²) in [6.45, 7) is 3.34. The first-order valence-corrected chi connectivity index (χ1v) is 3.15. The number of pyridine rings is 1. The minimum atomic E-state index is -0.946. The molecule has 0 aromatic carbocycles. The highest BCUT2D eigenvalue weighted by molar-refractivity contribution is 5.18. The van der Waals surface area contributed by atoms with Gasteiger partial charge in [0.2, 0.25) is 0 Å². The summed E-state index contributed by atoms with van der Waals surface area (Å²) >= 11 is 0. The molecule has 11 heavy (non-hydrogen) atoms. The third kappa shape index (κ3) is 1.62. The maximum absolute atomic E-state index is 12.8. The van der Waals surface area contributed by atoms with Crippen LogP contribution < -0.4 is 0 Å². The zero-order chi connectivity index (χ0) is 8.27. The highest BCUT2D eigenvalue weighted by Crippen LogP contribution is 2.15. The molecule has 1 aromatic rings. The van der Waals surface area contributed by atoms with Crippen LogP contribution in [-0.2, 0) is 0 Å². The number of halogens is 1. The maximum Gasteiger partial charge on any atom is 0.147 e. The van der Waals surface area contributed by atoms with Gasteiger partial charge in [-0.25, -0.2) is 4.39 Å². The minimum Gasteiger partial charge on any atom is -0.384 e. The Kier molecular flexibility index (Phi) is 2.33. The molecule has 0 radical (unpaired) electrons. The average molecular weight is 153 g/mol. The lowest BCUT2D eigenvalue weighted by molar-refractivity contribution is 0.223. The van der Waals surface area contributed by atoms with Crippen LogP contribution in [0.5, 0.6) is 0 Å². The maximum atomic E-state index is 12.8. The standard InChI is InChI=1S/C8H8FNO/c1-2-8(11)6-3-4-10-5-7(6)9/h2-5,8,11H,1H2. The van der Waals surface area contributed by atoms with Crippen molar-refractivity contribution in [1.82, 2.24) is 4.98 Å². The Bertz CT molecular complexity index is 262. The molecule has 1 unspecified atom stereocenters. The van der Waals surface area contributed by atoms with Crippen LogP contribution in [0.2, 0.25) is 0 Å². The number of hydrogen-bond donors (Lipinski definition) is 1. The third-order valence-corrected chi connectivity index (χ3v) is 1.35. The van der Waals surface area contributed by atoms with Crippen LogP contribution in [0.3, 0.4) is 0 Å². The van der Waals surface area contributed by atoms with Gasteiger partial charge in [0.15, 0.2) is 0 Å². The summed E-state index contributed by atoms with van der Waals surface area (Å²) in [4.78, 5) is 3.54. The Balaban J connectivity index is 3.02. The summed E-state index contributed by atoms with van der Waals surface area (Å²) in [5, 5.41) is 9.12. The summed E-state index contributed by atoms with van der Waals surface area (Å²) in [5.41, 5.74) is 0.204. The Labute approximate surface area is 64.0 Å². The molecule has 0 bridgehead atoms. The van der Waals surface area contributed by atoms with Crippen molar-refractivity contribution in [1.29, 1.82) is 0 Å². The molecule has 0 saturated carbocycles. The number of nitrogens with zero attached hydrogens (tertiary/aromatic N) is 1. The molecular formula is C8H8FNO. The summed E-state index contributed by atoms with van der Waals surface area (Å²) in [7, 11) is 0. The molecule has 58 valence electrons. The van der Waals surface area contributed by atoms with E-state index in [9.17, 15) is 4.39 Å². The van der Waals surface area contributed by atoms with Gasteiger partial charge in [-0.15, -0.1) is 6.58 Å². The zero-order valence-corrected chi connectivity index (χ0v) is 5.87. The fraction of sp³-hybridized carbons (Fsp3) is 0.125. The van der Waals surface area contributed by atoms with E-state index in [0.717, 1.165) is 6.20 Å². The van der Waals surface area contributed by atoms with Gasteiger partial charge in [-0.05, 0) is 6.07 Å². The molecule has 1 N–H and O–H groups in total. The van der Waals surface area contributed by atoms with Crippen LogP contribution in [0.15, 0.2) is 31.1 Å². The van der Waals surface area contributed by atoms with Gasteiger partial charge in [-0.2, -0.15) is 0 Å². The molecule has 1 heterocycles. The van der Waals surface area contributed by atoms with Crippen molar-refractivity contribution >= 4 is 0 Å². The largest absolute Gasteiger partial charge is 0.384 e. The minimum absolute atomic E-state index is 0.204. The topological polar surface area (TPSA) is 33.1 Å². The lowest BCUT2D eigenvalue weighted by Crippen LogP contribution is -1.96. The van der Waals surface area contributed by atoms with Crippen LogP contribution in [0, 0.1) is 5.82 Å². The van der Waals surface area contributed by atoms with Crippen molar-refractivity contribution < 1.29 is 9.50 Å². The molecule has 2 nitrogen and oxygen atoms in total. The van der Waals surface area contributed by atoms with Gasteiger partial charge in [0.1, 0.15) is 5.82 Å². The molecule has 1 aromatic heterocycles. The zero-order valence-electron chi connectivity index (χ0n) is 5.87. The number of aliphatic hydroxyl groups excluding tert-OH is 1. The normalized spacial score (nSPS) is 12.5. The average Bonchev–Trinajstić information content (AvgIpc) is 2.04. The molecule has 0 fully saturated rings. The fourth-order valence-corrected chi connectivity index (χ4v) is 0.753. The van der Waals surface area contributed by atoms with Gasteiger partial charge in [-0.1, -0.05) is 6.08 Å². The molecule has 0 saturated heterocycles. The van der Waals surface area contributed by atoms with E-state index in [-0.39, 0.29) is 5.56 Å². The van der Waals surface area contributed by atoms with Gasteiger partial charge >= 0.3 is 0 Å². The molecular weight excluding hydrogens is 145 g/mol. The van der Waals surface area contributed by atoms with E-state index in [1.165, 1.54) is 18.3 Å². The van der Waals surface area contributed by atoms with Crippen molar-refractivity contribution in [2.75, 3.05) is 0 Å². The molecule has 0 aliphatic carbocycles. The summed E-state index contributed by atoms with van der Waals surface area (Å²) in [6.07, 6.45) is 2.80. The molecule has 1 rings (SSSR count). The molecule has 0 aliphatic heterocycles. The van der Waals surface area contributed by atoms with Crippen LogP contribution >= 0.6 is 0 Å². The van der Waals surface area contributed by atoms with Gasteiger partial charge in [-0.3, -0.25) is 4.98 Å². The van der Waals surface area contributed by atoms with Crippen LogP contribution in [0.25, 0.3) is 0 Å². The predicted molar refractivity (Wildman–Crippen MR) is 39.4 cm³/mol. The third-order valence-electron chi connectivity index (χ3n) is 1.35. The lowest BCUT2D eigenvalue weighted by atomic mass is 10.1. The second kappa shape index (κ2) is 3.25. The summed E-state index contributed by atoms with van der Waals surface area (Å²) in [5.74, 6) is -0.514. The Hall–Kier alpha value is -1.22. The SMILES string of the molecule is C=CC(O)c1ccncc1F. The van der Waals surface area contributed by atoms with Crippen LogP contribution in [-0.4, -0.2) is 10.1 Å². The first kappa shape index (κ1) is 7.88. The van der Waals surface area contributed by atoms with Crippen molar-refractivity contribution in [3.8, 4) is 0 Å². The molecule has 0 spiro atoms. The van der Waals surface area contributed by atoms with Crippen molar-refractivity contribution in [3.05, 3.63) is 42.5 Å². The highest BCUT2D eigenvalue weighted by Gasteiger charge is 2.07. The molecule has 0 amide bonds. The van der Waals surface area contributed by atoms with Crippen molar-refractivity contribution in [2.24, 2.45) is 0 Å². The van der Waals surface area contributed by atoms with E-state index in [2.05, 4.69) is 11.6 Å². The van der Waals surface area contributed by atoms with Crippen LogP contribution in [0.1, 0.15) is 11.7 Å². The van der Waals surface area contributed by atoms with E-state index in [1.807, 2.05) is 0 Å². The fourth-order valence-electron chi connectivity index (χ4n) is 0.753. The Morgan fingerprint density at radius 2 is 2.45 bits per heavy atom. The molecule has 0 aliphatic rings. The van der Waals surface area contributed by atoms with Gasteiger partial charge in [0.25, 0.3) is 0 Å². The summed E-state index contributed by atoms with van der Waals surface area (Å²) < 4.78 is 12.8. The number of hydrogen-bond acceptors (Lipinski definition) is 2. The van der Waals surface area contributed by atoms with E-state index in [1.54, 1.807) is 0 Å². The van der Waals surface area contributed by atoms with E-state index in [0.29, 0.717) is 0 Å². The van der Waals surface area contributed by atoms with Gasteiger partial charge < -0.3 is 5.11 Å². The number of aliphatic hydroxyl groups is 1. The number of aromatic nitrogens is 1. The van der Waals surface area contributed by atoms with Crippen molar-refractivity contribution in [3.63, 3.8) is 0 Å². The summed E-state index contributed by atoms with van der Waals surface area (Å²) in [6, 6.07) is 1.42. The van der Waals surface area contributed by atoms with Crippen molar-refractivity contribution in [2.45, 2.75) is 6.10 Å². The van der Waals surface area contributed by atoms with Crippen LogP contribution in [0.4, 0.5) is 4.39 Å². The monoisotopic (exact) mass is 153 g/mol. The molecule has 1 atom stereocenters. The van der Waals surface area contributed by atoms with E-state index >= 15 is 0 Å². The van der Waals surface area contributed by atoms with Gasteiger partial charge in [0, 0.05) is 11.8 Å². The van der Waals surface area contributed by atoms with E-state index in [4.69, 9.17) is 5.11 Å². The van der Waals surface area contributed by atoms with Gasteiger partial charge in [0.05, 0.1) is 12.3 Å². The molecule has 3 heteroatoms. The Morgan fingerprint density at radius 3 is 3.00 bits per heavy atom. The first-order chi connectivity index (χ1) is 5.25. The quantitative estimate of drug-likeness (QED) is 0.652.